The van der Waals surface area contributed by atoms with Crippen molar-refractivity contribution in [1.82, 2.24) is 10.2 Å². The Morgan fingerprint density at radius 3 is 2.48 bits per heavy atom. The van der Waals surface area contributed by atoms with Gasteiger partial charge in [-0.1, -0.05) is 12.1 Å². The SMILES string of the molecule is COc1ccc(C(=O)N2CCC[C@](C)(C(=O)NCc3cccc(OC)c3)C2)cc1. The first-order valence-corrected chi connectivity index (χ1v) is 9.80. The monoisotopic (exact) mass is 396 g/mol. The van der Waals surface area contributed by atoms with Crippen LogP contribution in [-0.2, 0) is 11.3 Å². The summed E-state index contributed by atoms with van der Waals surface area (Å²) in [5.74, 6) is 1.38. The number of hydrogen-bond acceptors (Lipinski definition) is 4. The number of ether oxygens (including phenoxy) is 2. The van der Waals surface area contributed by atoms with Crippen LogP contribution >= 0.6 is 0 Å². The maximum atomic E-state index is 12.9. The summed E-state index contributed by atoms with van der Waals surface area (Å²) in [5, 5.41) is 3.03. The van der Waals surface area contributed by atoms with Crippen molar-refractivity contribution in [2.24, 2.45) is 5.41 Å². The van der Waals surface area contributed by atoms with Gasteiger partial charge < -0.3 is 19.7 Å². The third-order valence-electron chi connectivity index (χ3n) is 5.46. The number of nitrogens with zero attached hydrogens (tertiary/aromatic N) is 1. The third kappa shape index (κ3) is 4.88. The van der Waals surface area contributed by atoms with Crippen LogP contribution < -0.4 is 14.8 Å². The summed E-state index contributed by atoms with van der Waals surface area (Å²) in [5.41, 5.74) is 0.967. The van der Waals surface area contributed by atoms with E-state index in [1.54, 1.807) is 43.4 Å². The van der Waals surface area contributed by atoms with Gasteiger partial charge >= 0.3 is 0 Å². The Labute approximate surface area is 171 Å². The van der Waals surface area contributed by atoms with E-state index in [0.717, 1.165) is 24.2 Å². The molecule has 1 fully saturated rings. The predicted octanol–water partition coefficient (Wildman–Crippen LogP) is 3.26. The Morgan fingerprint density at radius 2 is 1.79 bits per heavy atom. The lowest BCUT2D eigenvalue weighted by Gasteiger charge is -2.39. The number of carbonyl (C=O) groups is 2. The molecule has 154 valence electrons. The van der Waals surface area contributed by atoms with Gasteiger partial charge in [-0.3, -0.25) is 9.59 Å². The molecule has 6 heteroatoms. The van der Waals surface area contributed by atoms with Crippen molar-refractivity contribution in [3.63, 3.8) is 0 Å². The molecule has 3 rings (SSSR count). The zero-order valence-corrected chi connectivity index (χ0v) is 17.2. The molecule has 0 saturated carbocycles. The number of benzene rings is 2. The molecule has 1 saturated heterocycles. The zero-order chi connectivity index (χ0) is 20.9. The molecule has 2 aromatic rings. The number of amides is 2. The Morgan fingerprint density at radius 1 is 1.07 bits per heavy atom. The molecule has 6 nitrogen and oxygen atoms in total. The molecule has 29 heavy (non-hydrogen) atoms. The first-order chi connectivity index (χ1) is 13.9. The summed E-state index contributed by atoms with van der Waals surface area (Å²) in [6, 6.07) is 14.7. The van der Waals surface area contributed by atoms with Crippen LogP contribution in [0.3, 0.4) is 0 Å². The standard InChI is InChI=1S/C23H28N2O4/c1-23(22(27)24-15-17-6-4-7-20(14-17)29-3)12-5-13-25(16-23)21(26)18-8-10-19(28-2)11-9-18/h4,6-11,14H,5,12-13,15-16H2,1-3H3,(H,24,27)/t23-/m0/s1. The predicted molar refractivity (Wildman–Crippen MR) is 111 cm³/mol. The highest BCUT2D eigenvalue weighted by Gasteiger charge is 2.39. The van der Waals surface area contributed by atoms with Crippen LogP contribution in [0.25, 0.3) is 0 Å². The lowest BCUT2D eigenvalue weighted by Crippen LogP contribution is -2.51. The molecular weight excluding hydrogens is 368 g/mol. The minimum absolute atomic E-state index is 0.0347. The Hall–Kier alpha value is -3.02. The highest BCUT2D eigenvalue weighted by atomic mass is 16.5. The van der Waals surface area contributed by atoms with Gasteiger partial charge in [0.1, 0.15) is 11.5 Å². The minimum Gasteiger partial charge on any atom is -0.497 e. The van der Waals surface area contributed by atoms with Crippen LogP contribution in [0.1, 0.15) is 35.7 Å². The smallest absolute Gasteiger partial charge is 0.253 e. The maximum Gasteiger partial charge on any atom is 0.253 e. The van der Waals surface area contributed by atoms with Gasteiger partial charge in [-0.25, -0.2) is 0 Å². The van der Waals surface area contributed by atoms with E-state index in [1.807, 2.05) is 31.2 Å². The molecule has 0 bridgehead atoms. The molecule has 1 atom stereocenters. The van der Waals surface area contributed by atoms with Gasteiger partial charge in [-0.2, -0.15) is 0 Å². The average molecular weight is 396 g/mol. The normalized spacial score (nSPS) is 18.8. The summed E-state index contributed by atoms with van der Waals surface area (Å²) in [6.07, 6.45) is 1.55. The van der Waals surface area contributed by atoms with Crippen LogP contribution in [-0.4, -0.2) is 44.0 Å². The number of hydrogen-bond donors (Lipinski definition) is 1. The highest BCUT2D eigenvalue weighted by molar-refractivity contribution is 5.95. The maximum absolute atomic E-state index is 12.9. The number of likely N-dealkylation sites (tertiary alicyclic amines) is 1. The largest absolute Gasteiger partial charge is 0.497 e. The summed E-state index contributed by atoms with van der Waals surface area (Å²) < 4.78 is 10.4. The average Bonchev–Trinajstić information content (AvgIpc) is 2.77. The molecule has 1 heterocycles. The summed E-state index contributed by atoms with van der Waals surface area (Å²) >= 11 is 0. The van der Waals surface area contributed by atoms with Gasteiger partial charge in [0, 0.05) is 25.2 Å². The molecule has 2 aromatic carbocycles. The fourth-order valence-corrected chi connectivity index (χ4v) is 3.69. The fourth-order valence-electron chi connectivity index (χ4n) is 3.69. The second-order valence-corrected chi connectivity index (χ2v) is 7.65. The van der Waals surface area contributed by atoms with Crippen molar-refractivity contribution in [2.45, 2.75) is 26.3 Å². The number of piperidine rings is 1. The molecule has 1 aliphatic rings. The van der Waals surface area contributed by atoms with Crippen LogP contribution in [0.4, 0.5) is 0 Å². The highest BCUT2D eigenvalue weighted by Crippen LogP contribution is 2.31. The van der Waals surface area contributed by atoms with Crippen molar-refractivity contribution in [1.29, 1.82) is 0 Å². The molecule has 1 aliphatic heterocycles. The molecule has 2 amide bonds. The molecular formula is C23H28N2O4. The van der Waals surface area contributed by atoms with Gasteiger partial charge in [-0.05, 0) is 61.7 Å². The number of carbonyl (C=O) groups excluding carboxylic acids is 2. The quantitative estimate of drug-likeness (QED) is 0.814. The van der Waals surface area contributed by atoms with E-state index in [-0.39, 0.29) is 11.8 Å². The second kappa shape index (κ2) is 8.99. The molecule has 0 radical (unpaired) electrons. The Bertz CT molecular complexity index is 865. The molecule has 1 N–H and O–H groups in total. The summed E-state index contributed by atoms with van der Waals surface area (Å²) in [6.45, 7) is 3.42. The van der Waals surface area contributed by atoms with Gasteiger partial charge in [-0.15, -0.1) is 0 Å². The van der Waals surface area contributed by atoms with E-state index < -0.39 is 5.41 Å². The van der Waals surface area contributed by atoms with E-state index in [0.29, 0.717) is 30.9 Å². The molecule has 0 spiro atoms. The van der Waals surface area contributed by atoms with Gasteiger partial charge in [0.05, 0.1) is 19.6 Å². The topological polar surface area (TPSA) is 67.9 Å². The van der Waals surface area contributed by atoms with Crippen molar-refractivity contribution in [3.05, 3.63) is 59.7 Å². The molecule has 0 unspecified atom stereocenters. The molecule has 0 aromatic heterocycles. The van der Waals surface area contributed by atoms with Crippen LogP contribution in [0.2, 0.25) is 0 Å². The van der Waals surface area contributed by atoms with Crippen molar-refractivity contribution >= 4 is 11.8 Å². The molecule has 0 aliphatic carbocycles. The number of methoxy groups -OCH3 is 2. The van der Waals surface area contributed by atoms with Crippen molar-refractivity contribution in [3.8, 4) is 11.5 Å². The number of nitrogens with one attached hydrogen (secondary N) is 1. The summed E-state index contributed by atoms with van der Waals surface area (Å²) in [7, 11) is 3.21. The van der Waals surface area contributed by atoms with E-state index in [4.69, 9.17) is 9.47 Å². The van der Waals surface area contributed by atoms with E-state index >= 15 is 0 Å². The second-order valence-electron chi connectivity index (χ2n) is 7.65. The van der Waals surface area contributed by atoms with E-state index in [9.17, 15) is 9.59 Å². The van der Waals surface area contributed by atoms with Crippen molar-refractivity contribution < 1.29 is 19.1 Å². The number of rotatable bonds is 6. The first kappa shape index (κ1) is 20.7. The Balaban J connectivity index is 1.63. The van der Waals surface area contributed by atoms with Crippen LogP contribution in [0.15, 0.2) is 48.5 Å². The minimum atomic E-state index is -0.612. The van der Waals surface area contributed by atoms with Crippen molar-refractivity contribution in [2.75, 3.05) is 27.3 Å². The van der Waals surface area contributed by atoms with E-state index in [1.165, 1.54) is 0 Å². The Kier molecular flexibility index (Phi) is 6.42. The first-order valence-electron chi connectivity index (χ1n) is 9.80. The van der Waals surface area contributed by atoms with Gasteiger partial charge in [0.25, 0.3) is 5.91 Å². The zero-order valence-electron chi connectivity index (χ0n) is 17.2. The van der Waals surface area contributed by atoms with E-state index in [2.05, 4.69) is 5.32 Å². The van der Waals surface area contributed by atoms with Gasteiger partial charge in [0.2, 0.25) is 5.91 Å². The lowest BCUT2D eigenvalue weighted by atomic mass is 9.80. The summed E-state index contributed by atoms with van der Waals surface area (Å²) in [4.78, 5) is 27.6. The third-order valence-corrected chi connectivity index (χ3v) is 5.46. The van der Waals surface area contributed by atoms with Gasteiger partial charge in [0.15, 0.2) is 0 Å². The van der Waals surface area contributed by atoms with Crippen LogP contribution in [0.5, 0.6) is 11.5 Å². The lowest BCUT2D eigenvalue weighted by molar-refractivity contribution is -0.132. The van der Waals surface area contributed by atoms with Crippen LogP contribution in [0, 0.1) is 5.41 Å². The fraction of sp³-hybridized carbons (Fsp3) is 0.391.